The largest absolute Gasteiger partial charge is 0.343 e. The summed E-state index contributed by atoms with van der Waals surface area (Å²) < 4.78 is 0. The number of hydrogen-bond donors (Lipinski definition) is 1. The van der Waals surface area contributed by atoms with Crippen molar-refractivity contribution in [3.8, 4) is 10.4 Å². The van der Waals surface area contributed by atoms with E-state index in [0.717, 1.165) is 38.5 Å². The summed E-state index contributed by atoms with van der Waals surface area (Å²) in [6, 6.07) is 8.70. The van der Waals surface area contributed by atoms with Crippen molar-refractivity contribution < 1.29 is 0 Å². The van der Waals surface area contributed by atoms with Crippen molar-refractivity contribution in [3.05, 3.63) is 53.4 Å². The molecule has 1 saturated heterocycles. The van der Waals surface area contributed by atoms with Crippen molar-refractivity contribution in [2.75, 3.05) is 45.1 Å². The van der Waals surface area contributed by atoms with Gasteiger partial charge in [-0.1, -0.05) is 12.1 Å². The van der Waals surface area contributed by atoms with Gasteiger partial charge in [-0.3, -0.25) is 9.88 Å². The van der Waals surface area contributed by atoms with Crippen LogP contribution < -0.4 is 5.32 Å². The van der Waals surface area contributed by atoms with Gasteiger partial charge in [-0.05, 0) is 48.5 Å². The number of likely N-dealkylation sites (N-methyl/N-ethyl adjacent to an activating group) is 1. The van der Waals surface area contributed by atoms with Crippen LogP contribution in [0.15, 0.2) is 53.4 Å². The van der Waals surface area contributed by atoms with Crippen molar-refractivity contribution in [1.82, 2.24) is 19.8 Å². The lowest BCUT2D eigenvalue weighted by Crippen LogP contribution is -2.45. The van der Waals surface area contributed by atoms with E-state index in [2.05, 4.69) is 56.4 Å². The Balaban J connectivity index is 1.37. The third-order valence-electron chi connectivity index (χ3n) is 5.62. The van der Waals surface area contributed by atoms with Crippen molar-refractivity contribution in [3.63, 3.8) is 0 Å². The quantitative estimate of drug-likeness (QED) is 0.710. The lowest BCUT2D eigenvalue weighted by Gasteiger charge is -2.33. The van der Waals surface area contributed by atoms with E-state index in [-0.39, 0.29) is 0 Å². The van der Waals surface area contributed by atoms with Crippen molar-refractivity contribution >= 4 is 27.9 Å². The van der Waals surface area contributed by atoms with Gasteiger partial charge < -0.3 is 10.2 Å². The van der Waals surface area contributed by atoms with Crippen LogP contribution in [0.3, 0.4) is 0 Å². The minimum atomic E-state index is 0.942. The van der Waals surface area contributed by atoms with Crippen LogP contribution in [0.2, 0.25) is 0 Å². The molecule has 1 aromatic carbocycles. The first kappa shape index (κ1) is 17.8. The highest BCUT2D eigenvalue weighted by atomic mass is 32.1. The summed E-state index contributed by atoms with van der Waals surface area (Å²) in [5.41, 5.74) is 6.01. The smallest absolute Gasteiger partial charge is 0.130 e. The molecule has 0 bridgehead atoms. The molecular formula is C22H25N5S. The molecule has 3 aromatic rings. The number of rotatable bonds is 5. The summed E-state index contributed by atoms with van der Waals surface area (Å²) in [6.45, 7) is 5.58. The Morgan fingerprint density at radius 3 is 2.68 bits per heavy atom. The van der Waals surface area contributed by atoms with E-state index < -0.39 is 0 Å². The van der Waals surface area contributed by atoms with E-state index in [1.807, 2.05) is 17.9 Å². The van der Waals surface area contributed by atoms with Crippen LogP contribution in [-0.4, -0.2) is 59.5 Å². The number of nitrogens with zero attached hydrogens (tertiary/aromatic N) is 4. The fourth-order valence-corrected chi connectivity index (χ4v) is 4.33. The van der Waals surface area contributed by atoms with Gasteiger partial charge in [0.05, 0.1) is 10.4 Å². The Hall–Kier alpha value is -2.28. The molecule has 2 aromatic heterocycles. The van der Waals surface area contributed by atoms with Crippen LogP contribution in [-0.2, 0) is 0 Å². The van der Waals surface area contributed by atoms with Crippen LogP contribution in [0.4, 0.5) is 5.82 Å². The first-order valence-electron chi connectivity index (χ1n) is 9.92. The molecule has 0 spiro atoms. The zero-order valence-electron chi connectivity index (χ0n) is 16.2. The summed E-state index contributed by atoms with van der Waals surface area (Å²) in [7, 11) is 2.20. The number of fused-ring (bicyclic) bond motifs is 1. The van der Waals surface area contributed by atoms with Gasteiger partial charge in [0.15, 0.2) is 0 Å². The summed E-state index contributed by atoms with van der Waals surface area (Å²) in [5, 5.41) is 6.03. The molecule has 2 aliphatic rings. The van der Waals surface area contributed by atoms with Crippen LogP contribution in [0, 0.1) is 0 Å². The molecule has 0 atom stereocenters. The predicted octanol–water partition coefficient (Wildman–Crippen LogP) is 4.07. The van der Waals surface area contributed by atoms with Gasteiger partial charge in [0.1, 0.15) is 5.82 Å². The van der Waals surface area contributed by atoms with Gasteiger partial charge in [-0.2, -0.15) is 0 Å². The number of benzene rings is 1. The third-order valence-corrected chi connectivity index (χ3v) is 6.44. The number of piperazine rings is 1. The summed E-state index contributed by atoms with van der Waals surface area (Å²) in [6.07, 6.45) is 6.34. The second-order valence-electron chi connectivity index (χ2n) is 7.78. The Morgan fingerprint density at radius 2 is 1.93 bits per heavy atom. The second kappa shape index (κ2) is 7.62. The fourth-order valence-electron chi connectivity index (χ4n) is 3.71. The van der Waals surface area contributed by atoms with Gasteiger partial charge in [0.2, 0.25) is 0 Å². The maximum Gasteiger partial charge on any atom is 0.130 e. The molecular weight excluding hydrogens is 366 g/mol. The lowest BCUT2D eigenvalue weighted by molar-refractivity contribution is 0.164. The van der Waals surface area contributed by atoms with Crippen molar-refractivity contribution in [1.29, 1.82) is 0 Å². The standard InChI is InChI=1S/C22H25N5S/c1-26-6-8-27(9-7-26)14-20(16-2-3-16)25-22-11-19-10-17(21-13-23-15-28-21)4-5-18(19)12-24-22/h4-5,10-13,15H,2-3,6-9,14H2,1H3,(H,24,25). The number of allylic oxidation sites excluding steroid dienone is 1. The molecule has 0 amide bonds. The Labute approximate surface area is 169 Å². The molecule has 1 N–H and O–H groups in total. The van der Waals surface area contributed by atoms with Gasteiger partial charge in [-0.25, -0.2) is 4.98 Å². The first-order valence-corrected chi connectivity index (χ1v) is 10.8. The average Bonchev–Trinajstić information content (AvgIpc) is 3.42. The Morgan fingerprint density at radius 1 is 1.07 bits per heavy atom. The van der Waals surface area contributed by atoms with Crippen LogP contribution >= 0.6 is 11.3 Å². The van der Waals surface area contributed by atoms with Gasteiger partial charge in [0.25, 0.3) is 0 Å². The molecule has 6 heteroatoms. The van der Waals surface area contributed by atoms with Gasteiger partial charge >= 0.3 is 0 Å². The molecule has 0 unspecified atom stereocenters. The Bertz CT molecular complexity index is 997. The zero-order valence-corrected chi connectivity index (χ0v) is 17.0. The van der Waals surface area contributed by atoms with Crippen LogP contribution in [0.1, 0.15) is 12.8 Å². The number of hydrogen-bond acceptors (Lipinski definition) is 6. The van der Waals surface area contributed by atoms with E-state index in [4.69, 9.17) is 0 Å². The minimum Gasteiger partial charge on any atom is -0.343 e. The molecule has 5 nitrogen and oxygen atoms in total. The maximum absolute atomic E-state index is 4.67. The summed E-state index contributed by atoms with van der Waals surface area (Å²) in [5.74, 6) is 0.942. The molecule has 3 heterocycles. The number of nitrogens with one attached hydrogen (secondary N) is 1. The van der Waals surface area contributed by atoms with E-state index in [0.29, 0.717) is 0 Å². The predicted molar refractivity (Wildman–Crippen MR) is 117 cm³/mol. The zero-order chi connectivity index (χ0) is 18.9. The molecule has 5 rings (SSSR count). The van der Waals surface area contributed by atoms with E-state index in [1.54, 1.807) is 16.9 Å². The van der Waals surface area contributed by atoms with E-state index >= 15 is 0 Å². The highest BCUT2D eigenvalue weighted by Gasteiger charge is 2.22. The highest BCUT2D eigenvalue weighted by molar-refractivity contribution is 7.13. The molecule has 28 heavy (non-hydrogen) atoms. The minimum absolute atomic E-state index is 0.942. The number of thiazole rings is 1. The summed E-state index contributed by atoms with van der Waals surface area (Å²) >= 11 is 1.67. The third kappa shape index (κ3) is 3.94. The monoisotopic (exact) mass is 391 g/mol. The fraction of sp³-hybridized carbons (Fsp3) is 0.364. The van der Waals surface area contributed by atoms with Crippen molar-refractivity contribution in [2.24, 2.45) is 0 Å². The molecule has 2 fully saturated rings. The molecule has 1 aliphatic carbocycles. The van der Waals surface area contributed by atoms with E-state index in [9.17, 15) is 0 Å². The van der Waals surface area contributed by atoms with Gasteiger partial charge in [-0.15, -0.1) is 11.3 Å². The van der Waals surface area contributed by atoms with Crippen LogP contribution in [0.5, 0.6) is 0 Å². The Kier molecular flexibility index (Phi) is 4.84. The maximum atomic E-state index is 4.67. The average molecular weight is 392 g/mol. The SMILES string of the molecule is CN1CCN(CC(Nc2cc3cc(-c4cncs4)ccc3cn2)=C2CC2)CC1. The van der Waals surface area contributed by atoms with Gasteiger partial charge in [0, 0.05) is 56.2 Å². The molecule has 0 radical (unpaired) electrons. The molecule has 1 aliphatic heterocycles. The number of aromatic nitrogens is 2. The van der Waals surface area contributed by atoms with Crippen molar-refractivity contribution in [2.45, 2.75) is 12.8 Å². The molecule has 144 valence electrons. The summed E-state index contributed by atoms with van der Waals surface area (Å²) in [4.78, 5) is 15.0. The van der Waals surface area contributed by atoms with E-state index in [1.165, 1.54) is 39.8 Å². The molecule has 1 saturated carbocycles. The highest BCUT2D eigenvalue weighted by Crippen LogP contribution is 2.33. The first-order chi connectivity index (χ1) is 13.7. The topological polar surface area (TPSA) is 44.3 Å². The van der Waals surface area contributed by atoms with Crippen LogP contribution in [0.25, 0.3) is 21.2 Å². The second-order valence-corrected chi connectivity index (χ2v) is 8.67. The normalized spacial score (nSPS) is 17.8. The lowest BCUT2D eigenvalue weighted by atomic mass is 10.1. The number of anilines is 1. The number of pyridine rings is 1.